The minimum atomic E-state index is 0.501. The van der Waals surface area contributed by atoms with Gasteiger partial charge in [-0.3, -0.25) is 4.99 Å². The molecule has 3 N–H and O–H groups in total. The summed E-state index contributed by atoms with van der Waals surface area (Å²) >= 11 is 1.75. The van der Waals surface area contributed by atoms with E-state index in [2.05, 4.69) is 56.4 Å². The molecule has 5 nitrogen and oxygen atoms in total. The number of aliphatic imine (C=N–C) groups is 1. The molecule has 0 fully saturated rings. The van der Waals surface area contributed by atoms with Gasteiger partial charge in [0.15, 0.2) is 5.96 Å². The van der Waals surface area contributed by atoms with E-state index in [1.165, 1.54) is 10.4 Å². The van der Waals surface area contributed by atoms with Crippen LogP contribution in [0.2, 0.25) is 0 Å². The van der Waals surface area contributed by atoms with Crippen molar-refractivity contribution >= 4 is 22.9 Å². The molecule has 0 radical (unpaired) electrons. The Morgan fingerprint density at radius 2 is 2.26 bits per heavy atom. The molecule has 23 heavy (non-hydrogen) atoms. The Balaban J connectivity index is 1.47. The van der Waals surface area contributed by atoms with Crippen LogP contribution in [0.5, 0.6) is 0 Å². The second-order valence-electron chi connectivity index (χ2n) is 5.43. The van der Waals surface area contributed by atoms with Gasteiger partial charge in [-0.25, -0.2) is 4.98 Å². The van der Waals surface area contributed by atoms with Crippen molar-refractivity contribution in [3.8, 4) is 0 Å². The molecule has 0 aliphatic carbocycles. The quantitative estimate of drug-likeness (QED) is 0.539. The maximum absolute atomic E-state index is 5.89. The van der Waals surface area contributed by atoms with Gasteiger partial charge in [0.25, 0.3) is 0 Å². The van der Waals surface area contributed by atoms with Crippen molar-refractivity contribution in [1.29, 1.82) is 0 Å². The van der Waals surface area contributed by atoms with Crippen LogP contribution in [0.4, 0.5) is 0 Å². The Kier molecular flexibility index (Phi) is 4.92. The van der Waals surface area contributed by atoms with E-state index in [0.717, 1.165) is 30.7 Å². The molecular weight excluding hydrogens is 306 g/mol. The summed E-state index contributed by atoms with van der Waals surface area (Å²) in [5.41, 5.74) is 9.14. The molecule has 3 rings (SSSR count). The van der Waals surface area contributed by atoms with Gasteiger partial charge in [-0.1, -0.05) is 12.1 Å². The van der Waals surface area contributed by atoms with E-state index < -0.39 is 0 Å². The number of nitrogens with zero attached hydrogens (tertiary/aromatic N) is 3. The predicted molar refractivity (Wildman–Crippen MR) is 96.1 cm³/mol. The van der Waals surface area contributed by atoms with Gasteiger partial charge in [0, 0.05) is 43.2 Å². The lowest BCUT2D eigenvalue weighted by Crippen LogP contribution is -2.33. The third-order valence-corrected chi connectivity index (χ3v) is 4.57. The minimum absolute atomic E-state index is 0.501. The van der Waals surface area contributed by atoms with Crippen molar-refractivity contribution in [3.63, 3.8) is 0 Å². The van der Waals surface area contributed by atoms with Crippen LogP contribution in [-0.4, -0.2) is 28.4 Å². The van der Waals surface area contributed by atoms with E-state index in [1.807, 2.05) is 12.3 Å². The van der Waals surface area contributed by atoms with E-state index in [-0.39, 0.29) is 0 Å². The minimum Gasteiger partial charge on any atom is -0.370 e. The molecule has 0 aliphatic heterocycles. The predicted octanol–water partition coefficient (Wildman–Crippen LogP) is 2.39. The van der Waals surface area contributed by atoms with Crippen LogP contribution in [0.25, 0.3) is 5.65 Å². The fourth-order valence-electron chi connectivity index (χ4n) is 2.44. The lowest BCUT2D eigenvalue weighted by atomic mass is 10.3. The zero-order valence-electron chi connectivity index (χ0n) is 13.2. The highest BCUT2D eigenvalue weighted by Gasteiger charge is 2.03. The molecule has 0 amide bonds. The average molecular weight is 327 g/mol. The van der Waals surface area contributed by atoms with E-state index in [9.17, 15) is 0 Å². The van der Waals surface area contributed by atoms with Gasteiger partial charge in [-0.05, 0) is 30.0 Å². The standard InChI is InChI=1S/C17H21N5S/c1-13-4-2-10-22-12-14(21-16(13)22)6-8-19-17(18)20-9-7-15-5-3-11-23-15/h2-5,10-12H,6-9H2,1H3,(H3,18,19,20). The summed E-state index contributed by atoms with van der Waals surface area (Å²) in [4.78, 5) is 10.3. The van der Waals surface area contributed by atoms with Crippen LogP contribution in [0.3, 0.4) is 0 Å². The summed E-state index contributed by atoms with van der Waals surface area (Å²) in [6.45, 7) is 3.52. The van der Waals surface area contributed by atoms with E-state index in [4.69, 9.17) is 5.73 Å². The Morgan fingerprint density at radius 1 is 1.35 bits per heavy atom. The normalized spacial score (nSPS) is 12.0. The topological polar surface area (TPSA) is 67.7 Å². The zero-order valence-corrected chi connectivity index (χ0v) is 14.0. The highest BCUT2D eigenvalue weighted by atomic mass is 32.1. The number of imidazole rings is 1. The first-order valence-corrected chi connectivity index (χ1v) is 8.60. The summed E-state index contributed by atoms with van der Waals surface area (Å²) in [6, 6.07) is 8.28. The van der Waals surface area contributed by atoms with Crippen LogP contribution in [-0.2, 0) is 12.8 Å². The highest BCUT2D eigenvalue weighted by Crippen LogP contribution is 2.10. The van der Waals surface area contributed by atoms with E-state index in [0.29, 0.717) is 12.5 Å². The molecule has 0 aromatic carbocycles. The summed E-state index contributed by atoms with van der Waals surface area (Å²) in [7, 11) is 0. The Hall–Kier alpha value is -2.34. The number of nitrogens with two attached hydrogens (primary N) is 1. The number of hydrogen-bond acceptors (Lipinski definition) is 3. The molecular formula is C17H21N5S. The molecule has 3 aromatic rings. The molecule has 0 saturated carbocycles. The number of hydrogen-bond donors (Lipinski definition) is 2. The Labute approximate surface area is 139 Å². The van der Waals surface area contributed by atoms with Crippen LogP contribution >= 0.6 is 11.3 Å². The number of aromatic nitrogens is 2. The fourth-order valence-corrected chi connectivity index (χ4v) is 3.14. The second-order valence-corrected chi connectivity index (χ2v) is 6.46. The smallest absolute Gasteiger partial charge is 0.188 e. The molecule has 0 atom stereocenters. The van der Waals surface area contributed by atoms with Crippen molar-refractivity contribution in [2.45, 2.75) is 19.8 Å². The van der Waals surface area contributed by atoms with Crippen molar-refractivity contribution in [3.05, 3.63) is 58.2 Å². The molecule has 0 bridgehead atoms. The maximum atomic E-state index is 5.89. The first kappa shape index (κ1) is 15.6. The first-order chi connectivity index (χ1) is 11.2. The van der Waals surface area contributed by atoms with Gasteiger partial charge in [-0.15, -0.1) is 11.3 Å². The van der Waals surface area contributed by atoms with Crippen molar-refractivity contribution in [1.82, 2.24) is 14.7 Å². The number of pyridine rings is 1. The zero-order chi connectivity index (χ0) is 16.1. The molecule has 0 aliphatic rings. The van der Waals surface area contributed by atoms with Gasteiger partial charge >= 0.3 is 0 Å². The lowest BCUT2D eigenvalue weighted by Gasteiger charge is -2.03. The third kappa shape index (κ3) is 4.10. The van der Waals surface area contributed by atoms with Crippen LogP contribution in [0, 0.1) is 6.92 Å². The molecule has 3 heterocycles. The Bertz CT molecular complexity index is 789. The maximum Gasteiger partial charge on any atom is 0.188 e. The largest absolute Gasteiger partial charge is 0.370 e. The van der Waals surface area contributed by atoms with Crippen molar-refractivity contribution in [2.75, 3.05) is 13.1 Å². The highest BCUT2D eigenvalue weighted by molar-refractivity contribution is 7.09. The van der Waals surface area contributed by atoms with Crippen LogP contribution in [0.15, 0.2) is 47.0 Å². The van der Waals surface area contributed by atoms with Gasteiger partial charge < -0.3 is 15.5 Å². The van der Waals surface area contributed by atoms with Gasteiger partial charge in [-0.2, -0.15) is 0 Å². The van der Waals surface area contributed by atoms with E-state index in [1.54, 1.807) is 11.3 Å². The van der Waals surface area contributed by atoms with E-state index >= 15 is 0 Å². The number of fused-ring (bicyclic) bond motifs is 1. The summed E-state index contributed by atoms with van der Waals surface area (Å²) in [6.07, 6.45) is 5.84. The van der Waals surface area contributed by atoms with Crippen LogP contribution < -0.4 is 11.1 Å². The number of thiophene rings is 1. The SMILES string of the molecule is Cc1cccn2cc(CCNC(N)=NCCc3cccs3)nc12. The molecule has 0 unspecified atom stereocenters. The monoisotopic (exact) mass is 327 g/mol. The number of nitrogens with one attached hydrogen (secondary N) is 1. The molecule has 0 saturated heterocycles. The summed E-state index contributed by atoms with van der Waals surface area (Å²) < 4.78 is 2.06. The first-order valence-electron chi connectivity index (χ1n) is 7.72. The molecule has 120 valence electrons. The second kappa shape index (κ2) is 7.28. The Morgan fingerprint density at radius 3 is 3.04 bits per heavy atom. The molecule has 0 spiro atoms. The lowest BCUT2D eigenvalue weighted by molar-refractivity contribution is 0.831. The average Bonchev–Trinajstić information content (AvgIpc) is 3.17. The number of rotatable bonds is 6. The molecule has 3 aromatic heterocycles. The number of guanidine groups is 1. The summed E-state index contributed by atoms with van der Waals surface area (Å²) in [5.74, 6) is 0.501. The van der Waals surface area contributed by atoms with Gasteiger partial charge in [0.2, 0.25) is 0 Å². The van der Waals surface area contributed by atoms with Crippen molar-refractivity contribution in [2.24, 2.45) is 10.7 Å². The number of aryl methyl sites for hydroxylation is 1. The van der Waals surface area contributed by atoms with Gasteiger partial charge in [0.05, 0.1) is 5.69 Å². The third-order valence-electron chi connectivity index (χ3n) is 3.64. The fraction of sp³-hybridized carbons (Fsp3) is 0.294. The summed E-state index contributed by atoms with van der Waals surface area (Å²) in [5, 5.41) is 5.23. The molecule has 6 heteroatoms. The van der Waals surface area contributed by atoms with Crippen LogP contribution in [0.1, 0.15) is 16.1 Å². The van der Waals surface area contributed by atoms with Crippen molar-refractivity contribution < 1.29 is 0 Å². The van der Waals surface area contributed by atoms with Gasteiger partial charge in [0.1, 0.15) is 5.65 Å².